The number of carbonyl (C=O) groups is 1. The van der Waals surface area contributed by atoms with E-state index in [0.717, 1.165) is 4.88 Å². The quantitative estimate of drug-likeness (QED) is 0.663. The van der Waals surface area contributed by atoms with Crippen LogP contribution in [0.2, 0.25) is 0 Å². The van der Waals surface area contributed by atoms with Gasteiger partial charge in [0.1, 0.15) is 5.75 Å². The molecule has 18 heavy (non-hydrogen) atoms. The van der Waals surface area contributed by atoms with Crippen LogP contribution >= 0.6 is 11.3 Å². The number of rotatable bonds is 5. The molecule has 0 saturated carbocycles. The van der Waals surface area contributed by atoms with Crippen molar-refractivity contribution in [3.63, 3.8) is 0 Å². The number of anilines is 1. The van der Waals surface area contributed by atoms with Crippen molar-refractivity contribution in [2.24, 2.45) is 0 Å². The molecule has 0 amide bonds. The minimum atomic E-state index is -0.438. The van der Waals surface area contributed by atoms with Crippen molar-refractivity contribution in [1.82, 2.24) is 0 Å². The van der Waals surface area contributed by atoms with Crippen molar-refractivity contribution in [2.75, 3.05) is 5.73 Å². The van der Waals surface area contributed by atoms with E-state index in [1.165, 1.54) is 11.3 Å². The van der Waals surface area contributed by atoms with Crippen molar-refractivity contribution < 1.29 is 9.53 Å². The second kappa shape index (κ2) is 5.69. The van der Waals surface area contributed by atoms with Gasteiger partial charge in [-0.3, -0.25) is 4.79 Å². The van der Waals surface area contributed by atoms with Gasteiger partial charge < -0.3 is 10.5 Å². The third kappa shape index (κ3) is 2.90. The monoisotopic (exact) mass is 261 g/mol. The van der Waals surface area contributed by atoms with Crippen LogP contribution < -0.4 is 10.5 Å². The fourth-order valence-electron chi connectivity index (χ4n) is 1.61. The van der Waals surface area contributed by atoms with Gasteiger partial charge in [0, 0.05) is 5.69 Å². The molecule has 0 aliphatic heterocycles. The Hall–Kier alpha value is -1.81. The lowest BCUT2D eigenvalue weighted by atomic mass is 10.1. The first-order chi connectivity index (χ1) is 8.70. The molecule has 1 aromatic carbocycles. The van der Waals surface area contributed by atoms with Gasteiger partial charge in [0.15, 0.2) is 6.10 Å². The van der Waals surface area contributed by atoms with E-state index >= 15 is 0 Å². The summed E-state index contributed by atoms with van der Waals surface area (Å²) in [7, 11) is 0. The average Bonchev–Trinajstić information content (AvgIpc) is 2.91. The Morgan fingerprint density at radius 1 is 1.33 bits per heavy atom. The van der Waals surface area contributed by atoms with Crippen LogP contribution in [0.1, 0.15) is 23.0 Å². The zero-order chi connectivity index (χ0) is 13.0. The maximum atomic E-state index is 12.2. The van der Waals surface area contributed by atoms with Crippen LogP contribution in [0.4, 0.5) is 5.69 Å². The smallest absolute Gasteiger partial charge is 0.213 e. The normalized spacial score (nSPS) is 12.1. The van der Waals surface area contributed by atoms with E-state index < -0.39 is 6.10 Å². The molecule has 0 aliphatic rings. The van der Waals surface area contributed by atoms with Crippen molar-refractivity contribution >= 4 is 22.8 Å². The van der Waals surface area contributed by atoms with Crippen LogP contribution in [0, 0.1) is 0 Å². The van der Waals surface area contributed by atoms with E-state index in [4.69, 9.17) is 10.5 Å². The van der Waals surface area contributed by atoms with Crippen LogP contribution in [0.5, 0.6) is 5.75 Å². The van der Waals surface area contributed by atoms with Gasteiger partial charge in [0.25, 0.3) is 0 Å². The van der Waals surface area contributed by atoms with E-state index in [0.29, 0.717) is 17.9 Å². The summed E-state index contributed by atoms with van der Waals surface area (Å²) in [5, 5.41) is 1.89. The first-order valence-electron chi connectivity index (χ1n) is 5.80. The summed E-state index contributed by atoms with van der Waals surface area (Å²) in [5.41, 5.74) is 6.29. The Morgan fingerprint density at radius 3 is 2.61 bits per heavy atom. The zero-order valence-electron chi connectivity index (χ0n) is 10.1. The molecule has 0 saturated heterocycles. The minimum Gasteiger partial charge on any atom is -0.482 e. The van der Waals surface area contributed by atoms with Gasteiger partial charge in [-0.25, -0.2) is 0 Å². The lowest BCUT2D eigenvalue weighted by Gasteiger charge is -2.15. The maximum absolute atomic E-state index is 12.2. The topological polar surface area (TPSA) is 52.3 Å². The van der Waals surface area contributed by atoms with Gasteiger partial charge in [-0.1, -0.05) is 13.0 Å². The number of carbonyl (C=O) groups excluding carboxylic acids is 1. The minimum absolute atomic E-state index is 0.0318. The first-order valence-corrected chi connectivity index (χ1v) is 6.68. The number of thiophene rings is 1. The molecule has 2 rings (SSSR count). The third-order valence-electron chi connectivity index (χ3n) is 2.59. The molecule has 0 fully saturated rings. The van der Waals surface area contributed by atoms with E-state index in [1.807, 2.05) is 24.4 Å². The summed E-state index contributed by atoms with van der Waals surface area (Å²) < 4.78 is 5.71. The predicted molar refractivity (Wildman–Crippen MR) is 74.2 cm³/mol. The molecule has 1 aromatic heterocycles. The Kier molecular flexibility index (Phi) is 3.99. The highest BCUT2D eigenvalue weighted by Crippen LogP contribution is 2.19. The predicted octanol–water partition coefficient (Wildman–Crippen LogP) is 3.37. The number of nitrogens with two attached hydrogens (primary N) is 1. The van der Waals surface area contributed by atoms with Crippen molar-refractivity contribution in [3.8, 4) is 5.75 Å². The van der Waals surface area contributed by atoms with E-state index in [1.54, 1.807) is 24.3 Å². The molecule has 94 valence electrons. The summed E-state index contributed by atoms with van der Waals surface area (Å²) in [6.07, 6.45) is 0.202. The highest BCUT2D eigenvalue weighted by atomic mass is 32.1. The fraction of sp³-hybridized carbons (Fsp3) is 0.214. The summed E-state index contributed by atoms with van der Waals surface area (Å²) in [6, 6.07) is 10.8. The molecule has 1 atom stereocenters. The largest absolute Gasteiger partial charge is 0.482 e. The van der Waals surface area contributed by atoms with Crippen LogP contribution in [0.15, 0.2) is 41.8 Å². The van der Waals surface area contributed by atoms with Gasteiger partial charge in [-0.15, -0.1) is 11.3 Å². The summed E-state index contributed by atoms with van der Waals surface area (Å²) in [4.78, 5) is 12.9. The second-order valence-electron chi connectivity index (χ2n) is 3.93. The maximum Gasteiger partial charge on any atom is 0.213 e. The molecule has 1 unspecified atom stereocenters. The molecule has 1 heterocycles. The van der Waals surface area contributed by atoms with E-state index in [-0.39, 0.29) is 5.78 Å². The molecule has 0 bridgehead atoms. The summed E-state index contributed by atoms with van der Waals surface area (Å²) >= 11 is 1.44. The molecule has 0 aliphatic carbocycles. The summed E-state index contributed by atoms with van der Waals surface area (Å²) in [6.45, 7) is 1.94. The van der Waals surface area contributed by atoms with Crippen LogP contribution in [0.3, 0.4) is 0 Å². The number of nitrogen functional groups attached to an aromatic ring is 1. The fourth-order valence-corrected chi connectivity index (χ4v) is 2.32. The summed E-state index contributed by atoms with van der Waals surface area (Å²) in [5.74, 6) is 0.699. The lowest BCUT2D eigenvalue weighted by molar-refractivity contribution is 0.0791. The van der Waals surface area contributed by atoms with Crippen LogP contribution in [-0.4, -0.2) is 11.9 Å². The molecular weight excluding hydrogens is 246 g/mol. The third-order valence-corrected chi connectivity index (χ3v) is 3.47. The molecular formula is C14H15NO2S. The number of hydrogen-bond donors (Lipinski definition) is 1. The highest BCUT2D eigenvalue weighted by molar-refractivity contribution is 7.12. The van der Waals surface area contributed by atoms with Crippen LogP contribution in [-0.2, 0) is 0 Å². The van der Waals surface area contributed by atoms with Gasteiger partial charge >= 0.3 is 0 Å². The molecule has 2 aromatic rings. The second-order valence-corrected chi connectivity index (χ2v) is 4.87. The Morgan fingerprint density at radius 2 is 2.06 bits per heavy atom. The van der Waals surface area contributed by atoms with Crippen molar-refractivity contribution in [3.05, 3.63) is 46.7 Å². The standard InChI is InChI=1S/C14H15NO2S/c1-2-12(14(16)13-4-3-9-18-13)17-11-7-5-10(15)6-8-11/h3-9,12H,2,15H2,1H3. The van der Waals surface area contributed by atoms with E-state index in [2.05, 4.69) is 0 Å². The molecule has 3 nitrogen and oxygen atoms in total. The number of ether oxygens (including phenoxy) is 1. The number of hydrogen-bond acceptors (Lipinski definition) is 4. The van der Waals surface area contributed by atoms with Gasteiger partial charge in [0.05, 0.1) is 4.88 Å². The number of benzene rings is 1. The van der Waals surface area contributed by atoms with Gasteiger partial charge in [-0.2, -0.15) is 0 Å². The van der Waals surface area contributed by atoms with Crippen molar-refractivity contribution in [1.29, 1.82) is 0 Å². The average molecular weight is 261 g/mol. The molecule has 0 spiro atoms. The van der Waals surface area contributed by atoms with Crippen molar-refractivity contribution in [2.45, 2.75) is 19.4 Å². The zero-order valence-corrected chi connectivity index (χ0v) is 10.9. The lowest BCUT2D eigenvalue weighted by Crippen LogP contribution is -2.26. The Labute approximate surface area is 110 Å². The van der Waals surface area contributed by atoms with Gasteiger partial charge in [0.2, 0.25) is 5.78 Å². The number of ketones is 1. The molecule has 2 N–H and O–H groups in total. The highest BCUT2D eigenvalue weighted by Gasteiger charge is 2.20. The van der Waals surface area contributed by atoms with E-state index in [9.17, 15) is 4.79 Å². The molecule has 4 heteroatoms. The SMILES string of the molecule is CCC(Oc1ccc(N)cc1)C(=O)c1cccs1. The number of Topliss-reactive ketones (excluding diaryl/α,β-unsaturated/α-hetero) is 1. The Bertz CT molecular complexity index is 505. The molecule has 0 radical (unpaired) electrons. The first kappa shape index (κ1) is 12.6. The van der Waals surface area contributed by atoms with Gasteiger partial charge in [-0.05, 0) is 42.1 Å². The van der Waals surface area contributed by atoms with Crippen LogP contribution in [0.25, 0.3) is 0 Å². The Balaban J connectivity index is 2.10.